The molecule has 3 rings (SSSR count). The molecule has 0 saturated carbocycles. The van der Waals surface area contributed by atoms with E-state index in [1.165, 1.54) is 18.2 Å². The van der Waals surface area contributed by atoms with Gasteiger partial charge in [-0.15, -0.1) is 10.2 Å². The molecule has 1 saturated heterocycles. The van der Waals surface area contributed by atoms with Gasteiger partial charge in [0, 0.05) is 12.1 Å². The summed E-state index contributed by atoms with van der Waals surface area (Å²) in [6.07, 6.45) is 4.89. The largest absolute Gasteiger partial charge is 0.459 e. The zero-order valence-electron chi connectivity index (χ0n) is 12.7. The van der Waals surface area contributed by atoms with Crippen LogP contribution in [-0.2, 0) is 4.79 Å². The van der Waals surface area contributed by atoms with Crippen molar-refractivity contribution in [2.75, 3.05) is 5.75 Å². The van der Waals surface area contributed by atoms with Gasteiger partial charge in [0.15, 0.2) is 5.76 Å². The molecule has 2 atom stereocenters. The van der Waals surface area contributed by atoms with Crippen LogP contribution in [0.3, 0.4) is 0 Å². The normalized spacial score (nSPS) is 22.0. The molecule has 118 valence electrons. The van der Waals surface area contributed by atoms with Crippen LogP contribution in [0.2, 0.25) is 0 Å². The van der Waals surface area contributed by atoms with Crippen LogP contribution < -0.4 is 0 Å². The second-order valence-electron chi connectivity index (χ2n) is 5.57. The SMILES string of the molecule is C[C@@H]1CCC[C@H](C)N1C(=O)CSc1nnc(-c2ccco2)o1. The van der Waals surface area contributed by atoms with Gasteiger partial charge in [0.1, 0.15) is 0 Å². The number of carbonyl (C=O) groups excluding carboxylic acids is 1. The quantitative estimate of drug-likeness (QED) is 0.805. The third-order valence-electron chi connectivity index (χ3n) is 3.94. The first-order valence-corrected chi connectivity index (χ1v) is 8.45. The summed E-state index contributed by atoms with van der Waals surface area (Å²) in [5.74, 6) is 1.31. The molecule has 0 aromatic carbocycles. The van der Waals surface area contributed by atoms with Crippen LogP contribution in [-0.4, -0.2) is 38.8 Å². The lowest BCUT2D eigenvalue weighted by Crippen LogP contribution is -2.48. The Morgan fingerprint density at radius 2 is 2.14 bits per heavy atom. The summed E-state index contributed by atoms with van der Waals surface area (Å²) in [7, 11) is 0. The number of hydrogen-bond acceptors (Lipinski definition) is 6. The second kappa shape index (κ2) is 6.56. The second-order valence-corrected chi connectivity index (χ2v) is 6.50. The van der Waals surface area contributed by atoms with E-state index in [1.54, 1.807) is 18.4 Å². The van der Waals surface area contributed by atoms with Gasteiger partial charge in [-0.3, -0.25) is 4.79 Å². The molecule has 3 heterocycles. The number of aromatic nitrogens is 2. The van der Waals surface area contributed by atoms with E-state index < -0.39 is 0 Å². The van der Waals surface area contributed by atoms with Gasteiger partial charge in [-0.2, -0.15) is 0 Å². The molecule has 6 nitrogen and oxygen atoms in total. The topological polar surface area (TPSA) is 72.4 Å². The molecule has 1 aliphatic rings. The average Bonchev–Trinajstić information content (AvgIpc) is 3.16. The van der Waals surface area contributed by atoms with Crippen LogP contribution >= 0.6 is 11.8 Å². The van der Waals surface area contributed by atoms with Crippen molar-refractivity contribution in [3.8, 4) is 11.7 Å². The number of hydrogen-bond donors (Lipinski definition) is 0. The first-order valence-electron chi connectivity index (χ1n) is 7.46. The van der Waals surface area contributed by atoms with Crippen LogP contribution in [0.15, 0.2) is 32.5 Å². The van der Waals surface area contributed by atoms with E-state index >= 15 is 0 Å². The lowest BCUT2D eigenvalue weighted by molar-refractivity contribution is -0.134. The predicted octanol–water partition coefficient (Wildman–Crippen LogP) is 3.21. The van der Waals surface area contributed by atoms with Crippen molar-refractivity contribution in [3.63, 3.8) is 0 Å². The molecule has 0 unspecified atom stereocenters. The number of nitrogens with zero attached hydrogens (tertiary/aromatic N) is 3. The van der Waals surface area contributed by atoms with Gasteiger partial charge in [-0.25, -0.2) is 0 Å². The average molecular weight is 321 g/mol. The van der Waals surface area contributed by atoms with Gasteiger partial charge < -0.3 is 13.7 Å². The van der Waals surface area contributed by atoms with Crippen LogP contribution in [0, 0.1) is 0 Å². The van der Waals surface area contributed by atoms with Gasteiger partial charge in [-0.1, -0.05) is 11.8 Å². The molecule has 0 radical (unpaired) electrons. The summed E-state index contributed by atoms with van der Waals surface area (Å²) >= 11 is 1.27. The van der Waals surface area contributed by atoms with Crippen LogP contribution in [0.25, 0.3) is 11.7 Å². The van der Waals surface area contributed by atoms with Crippen molar-refractivity contribution in [1.29, 1.82) is 0 Å². The maximum Gasteiger partial charge on any atom is 0.284 e. The van der Waals surface area contributed by atoms with Gasteiger partial charge >= 0.3 is 0 Å². The molecule has 2 aromatic rings. The van der Waals surface area contributed by atoms with Crippen molar-refractivity contribution < 1.29 is 13.6 Å². The first-order chi connectivity index (χ1) is 10.6. The zero-order valence-corrected chi connectivity index (χ0v) is 13.5. The van der Waals surface area contributed by atoms with Crippen molar-refractivity contribution in [1.82, 2.24) is 15.1 Å². The minimum atomic E-state index is 0.127. The maximum atomic E-state index is 12.4. The highest BCUT2D eigenvalue weighted by atomic mass is 32.2. The van der Waals surface area contributed by atoms with Crippen molar-refractivity contribution in [2.45, 2.75) is 50.4 Å². The van der Waals surface area contributed by atoms with E-state index in [1.807, 2.05) is 4.90 Å². The van der Waals surface area contributed by atoms with E-state index in [0.717, 1.165) is 12.8 Å². The van der Waals surface area contributed by atoms with Gasteiger partial charge in [-0.05, 0) is 45.2 Å². The lowest BCUT2D eigenvalue weighted by atomic mass is 9.98. The monoisotopic (exact) mass is 321 g/mol. The molecule has 0 aliphatic carbocycles. The third kappa shape index (κ3) is 3.19. The fourth-order valence-electron chi connectivity index (χ4n) is 2.88. The van der Waals surface area contributed by atoms with Crippen LogP contribution in [0.1, 0.15) is 33.1 Å². The Hall–Kier alpha value is -1.76. The number of likely N-dealkylation sites (tertiary alicyclic amines) is 1. The Kier molecular flexibility index (Phi) is 4.52. The van der Waals surface area contributed by atoms with Crippen molar-refractivity contribution in [3.05, 3.63) is 18.4 Å². The molecule has 1 aliphatic heterocycles. The summed E-state index contributed by atoms with van der Waals surface area (Å²) in [6.45, 7) is 4.22. The highest BCUT2D eigenvalue weighted by molar-refractivity contribution is 7.99. The fourth-order valence-corrected chi connectivity index (χ4v) is 3.51. The van der Waals surface area contributed by atoms with E-state index in [-0.39, 0.29) is 5.91 Å². The fraction of sp³-hybridized carbons (Fsp3) is 0.533. The molecule has 7 heteroatoms. The highest BCUT2D eigenvalue weighted by Gasteiger charge is 2.29. The highest BCUT2D eigenvalue weighted by Crippen LogP contribution is 2.26. The van der Waals surface area contributed by atoms with E-state index in [9.17, 15) is 4.79 Å². The number of carbonyl (C=O) groups is 1. The van der Waals surface area contributed by atoms with Gasteiger partial charge in [0.05, 0.1) is 12.0 Å². The lowest BCUT2D eigenvalue weighted by Gasteiger charge is -2.39. The van der Waals surface area contributed by atoms with Crippen molar-refractivity contribution in [2.24, 2.45) is 0 Å². The minimum Gasteiger partial charge on any atom is -0.459 e. The summed E-state index contributed by atoms with van der Waals surface area (Å²) in [5, 5.41) is 8.25. The Bertz CT molecular complexity index is 616. The minimum absolute atomic E-state index is 0.127. The van der Waals surface area contributed by atoms with Crippen LogP contribution in [0.4, 0.5) is 0 Å². The summed E-state index contributed by atoms with van der Waals surface area (Å²) in [6, 6.07) is 4.12. The molecule has 0 spiro atoms. The molecule has 2 aromatic heterocycles. The zero-order chi connectivity index (χ0) is 15.5. The van der Waals surface area contributed by atoms with Gasteiger partial charge in [0.25, 0.3) is 11.1 Å². The number of piperidine rings is 1. The molecule has 0 N–H and O–H groups in total. The maximum absolute atomic E-state index is 12.4. The molecular formula is C15H19N3O3S. The predicted molar refractivity (Wildman–Crippen MR) is 82.3 cm³/mol. The Morgan fingerprint density at radius 1 is 1.36 bits per heavy atom. The van der Waals surface area contributed by atoms with E-state index in [0.29, 0.717) is 34.7 Å². The molecular weight excluding hydrogens is 302 g/mol. The first kappa shape index (κ1) is 15.1. The number of rotatable bonds is 4. The Morgan fingerprint density at radius 3 is 2.82 bits per heavy atom. The van der Waals surface area contributed by atoms with E-state index in [2.05, 4.69) is 24.0 Å². The molecule has 22 heavy (non-hydrogen) atoms. The summed E-state index contributed by atoms with van der Waals surface area (Å²) in [4.78, 5) is 14.4. The van der Waals surface area contributed by atoms with Crippen LogP contribution in [0.5, 0.6) is 0 Å². The third-order valence-corrected chi connectivity index (χ3v) is 4.74. The number of amides is 1. The number of thioether (sulfide) groups is 1. The number of furan rings is 1. The molecule has 0 bridgehead atoms. The van der Waals surface area contributed by atoms with Crippen molar-refractivity contribution >= 4 is 17.7 Å². The smallest absolute Gasteiger partial charge is 0.284 e. The summed E-state index contributed by atoms with van der Waals surface area (Å²) in [5.41, 5.74) is 0. The van der Waals surface area contributed by atoms with E-state index in [4.69, 9.17) is 8.83 Å². The Labute approximate surface area is 133 Å². The van der Waals surface area contributed by atoms with Gasteiger partial charge in [0.2, 0.25) is 5.91 Å². The molecule has 1 amide bonds. The summed E-state index contributed by atoms with van der Waals surface area (Å²) < 4.78 is 10.7. The standard InChI is InChI=1S/C15H19N3O3S/c1-10-5-3-6-11(2)18(10)13(19)9-22-15-17-16-14(21-15)12-7-4-8-20-12/h4,7-8,10-11H,3,5-6,9H2,1-2H3/t10-,11+. The molecule has 1 fully saturated rings. The Balaban J connectivity index is 1.59.